The number of thioether (sulfide) groups is 1. The summed E-state index contributed by atoms with van der Waals surface area (Å²) in [5.74, 6) is -0.777. The summed E-state index contributed by atoms with van der Waals surface area (Å²) in [5.41, 5.74) is 5.19. The molecule has 0 saturated carbocycles. The fourth-order valence-corrected chi connectivity index (χ4v) is 4.52. The molecule has 4 amide bonds. The van der Waals surface area contributed by atoms with Gasteiger partial charge in [-0.3, -0.25) is 24.1 Å². The second-order valence-electron chi connectivity index (χ2n) is 8.89. The van der Waals surface area contributed by atoms with Crippen LogP contribution in [-0.4, -0.2) is 41.0 Å². The first-order valence-electron chi connectivity index (χ1n) is 11.9. The van der Waals surface area contributed by atoms with Gasteiger partial charge in [0.15, 0.2) is 6.61 Å². The number of benzene rings is 3. The van der Waals surface area contributed by atoms with Gasteiger partial charge < -0.3 is 15.4 Å². The number of nitrogens with zero attached hydrogens (tertiary/aromatic N) is 1. The SMILES string of the molecule is Cc1cccc(NC(=O)CN2C(=O)S/C(=C\c3ccc(OCC(=O)Nc4ccc(C)c(C)c4)cc3)C2=O)c1. The molecule has 3 aromatic carbocycles. The summed E-state index contributed by atoms with van der Waals surface area (Å²) in [4.78, 5) is 50.9. The average Bonchev–Trinajstić information content (AvgIpc) is 3.13. The number of anilines is 2. The van der Waals surface area contributed by atoms with Crippen molar-refractivity contribution in [3.8, 4) is 5.75 Å². The van der Waals surface area contributed by atoms with Crippen LogP contribution in [0.2, 0.25) is 0 Å². The van der Waals surface area contributed by atoms with E-state index in [9.17, 15) is 19.2 Å². The molecule has 0 atom stereocenters. The van der Waals surface area contributed by atoms with Crippen LogP contribution in [0.4, 0.5) is 16.2 Å². The van der Waals surface area contributed by atoms with Crippen LogP contribution in [0.25, 0.3) is 6.08 Å². The van der Waals surface area contributed by atoms with Crippen LogP contribution >= 0.6 is 11.8 Å². The standard InChI is InChI=1S/C29H27N3O5S/c1-18-5-4-6-22(13-18)30-26(33)16-32-28(35)25(38-29(32)36)15-21-8-11-24(12-9-21)37-17-27(34)31-23-10-7-19(2)20(3)14-23/h4-15H,16-17H2,1-3H3,(H,30,33)(H,31,34)/b25-15-. The summed E-state index contributed by atoms with van der Waals surface area (Å²) in [6, 6.07) is 19.7. The normalized spacial score (nSPS) is 14.1. The summed E-state index contributed by atoms with van der Waals surface area (Å²) in [6.07, 6.45) is 1.58. The molecular weight excluding hydrogens is 502 g/mol. The van der Waals surface area contributed by atoms with Crippen LogP contribution in [0.5, 0.6) is 5.75 Å². The molecular formula is C29H27N3O5S. The van der Waals surface area contributed by atoms with E-state index < -0.39 is 17.1 Å². The van der Waals surface area contributed by atoms with Crippen LogP contribution in [0.1, 0.15) is 22.3 Å². The molecule has 38 heavy (non-hydrogen) atoms. The third kappa shape index (κ3) is 6.89. The van der Waals surface area contributed by atoms with Crippen LogP contribution in [0, 0.1) is 20.8 Å². The second kappa shape index (κ2) is 11.8. The number of hydrogen-bond donors (Lipinski definition) is 2. The van der Waals surface area contributed by atoms with E-state index in [4.69, 9.17) is 4.74 Å². The molecule has 3 aromatic rings. The maximum atomic E-state index is 12.8. The van der Waals surface area contributed by atoms with E-state index in [2.05, 4.69) is 10.6 Å². The van der Waals surface area contributed by atoms with Gasteiger partial charge in [0, 0.05) is 11.4 Å². The lowest BCUT2D eigenvalue weighted by Crippen LogP contribution is -2.36. The number of rotatable bonds is 8. The van der Waals surface area contributed by atoms with Crippen molar-refractivity contribution in [1.29, 1.82) is 0 Å². The number of amides is 4. The molecule has 9 heteroatoms. The van der Waals surface area contributed by atoms with Crippen molar-refractivity contribution in [2.24, 2.45) is 0 Å². The quantitative estimate of drug-likeness (QED) is 0.384. The van der Waals surface area contributed by atoms with Gasteiger partial charge >= 0.3 is 0 Å². The van der Waals surface area contributed by atoms with Crippen molar-refractivity contribution in [1.82, 2.24) is 4.90 Å². The van der Waals surface area contributed by atoms with E-state index in [1.165, 1.54) is 0 Å². The topological polar surface area (TPSA) is 105 Å². The van der Waals surface area contributed by atoms with Gasteiger partial charge in [0.25, 0.3) is 17.1 Å². The Bertz CT molecular complexity index is 1430. The lowest BCUT2D eigenvalue weighted by molar-refractivity contribution is -0.127. The van der Waals surface area contributed by atoms with Gasteiger partial charge in [-0.05, 0) is 97.3 Å². The largest absolute Gasteiger partial charge is 0.484 e. The van der Waals surface area contributed by atoms with Gasteiger partial charge in [-0.15, -0.1) is 0 Å². The van der Waals surface area contributed by atoms with Crippen LogP contribution < -0.4 is 15.4 Å². The number of nitrogens with one attached hydrogen (secondary N) is 2. The van der Waals surface area contributed by atoms with E-state index in [1.807, 2.05) is 51.1 Å². The second-order valence-corrected chi connectivity index (χ2v) is 9.88. The van der Waals surface area contributed by atoms with Crippen molar-refractivity contribution in [2.75, 3.05) is 23.8 Å². The number of imide groups is 1. The number of aryl methyl sites for hydroxylation is 3. The molecule has 0 spiro atoms. The minimum absolute atomic E-state index is 0.157. The Morgan fingerprint density at radius 2 is 1.58 bits per heavy atom. The molecule has 194 valence electrons. The first-order valence-corrected chi connectivity index (χ1v) is 12.7. The summed E-state index contributed by atoms with van der Waals surface area (Å²) >= 11 is 0.783. The highest BCUT2D eigenvalue weighted by Gasteiger charge is 2.36. The zero-order chi connectivity index (χ0) is 27.2. The molecule has 0 aliphatic carbocycles. The van der Waals surface area contributed by atoms with Crippen molar-refractivity contribution < 1.29 is 23.9 Å². The lowest BCUT2D eigenvalue weighted by Gasteiger charge is -2.12. The van der Waals surface area contributed by atoms with Crippen molar-refractivity contribution >= 4 is 52.2 Å². The highest BCUT2D eigenvalue weighted by molar-refractivity contribution is 8.18. The maximum Gasteiger partial charge on any atom is 0.294 e. The third-order valence-corrected chi connectivity index (χ3v) is 6.72. The van der Waals surface area contributed by atoms with E-state index in [0.29, 0.717) is 22.7 Å². The minimum atomic E-state index is -0.525. The van der Waals surface area contributed by atoms with Gasteiger partial charge in [-0.2, -0.15) is 0 Å². The molecule has 1 saturated heterocycles. The third-order valence-electron chi connectivity index (χ3n) is 5.82. The lowest BCUT2D eigenvalue weighted by atomic mass is 10.1. The number of ether oxygens (including phenoxy) is 1. The highest BCUT2D eigenvalue weighted by Crippen LogP contribution is 2.32. The van der Waals surface area contributed by atoms with E-state index >= 15 is 0 Å². The van der Waals surface area contributed by atoms with Gasteiger partial charge in [-0.1, -0.05) is 30.3 Å². The Kier molecular flexibility index (Phi) is 8.28. The predicted octanol–water partition coefficient (Wildman–Crippen LogP) is 5.30. The molecule has 0 aromatic heterocycles. The number of carbonyl (C=O) groups excluding carboxylic acids is 4. The Morgan fingerprint density at radius 3 is 2.29 bits per heavy atom. The van der Waals surface area contributed by atoms with Crippen molar-refractivity contribution in [2.45, 2.75) is 20.8 Å². The van der Waals surface area contributed by atoms with Gasteiger partial charge in [-0.25, -0.2) is 0 Å². The number of hydrogen-bond acceptors (Lipinski definition) is 6. The first-order chi connectivity index (χ1) is 18.2. The summed E-state index contributed by atoms with van der Waals surface area (Å²) < 4.78 is 5.56. The Morgan fingerprint density at radius 1 is 0.868 bits per heavy atom. The van der Waals surface area contributed by atoms with Gasteiger partial charge in [0.2, 0.25) is 5.91 Å². The summed E-state index contributed by atoms with van der Waals surface area (Å²) in [6.45, 7) is 5.36. The van der Waals surface area contributed by atoms with Crippen LogP contribution in [0.3, 0.4) is 0 Å². The van der Waals surface area contributed by atoms with E-state index in [0.717, 1.165) is 33.4 Å². The fraction of sp³-hybridized carbons (Fsp3) is 0.172. The van der Waals surface area contributed by atoms with Crippen LogP contribution in [0.15, 0.2) is 71.6 Å². The van der Waals surface area contributed by atoms with Crippen molar-refractivity contribution in [3.63, 3.8) is 0 Å². The van der Waals surface area contributed by atoms with E-state index in [1.54, 1.807) is 42.5 Å². The summed E-state index contributed by atoms with van der Waals surface area (Å²) in [5, 5.41) is 5.00. The molecule has 1 aliphatic rings. The van der Waals surface area contributed by atoms with E-state index in [-0.39, 0.29) is 24.0 Å². The molecule has 0 unspecified atom stereocenters. The fourth-order valence-electron chi connectivity index (χ4n) is 3.68. The summed E-state index contributed by atoms with van der Waals surface area (Å²) in [7, 11) is 0. The minimum Gasteiger partial charge on any atom is -0.484 e. The molecule has 0 radical (unpaired) electrons. The monoisotopic (exact) mass is 529 g/mol. The smallest absolute Gasteiger partial charge is 0.294 e. The van der Waals surface area contributed by atoms with Crippen LogP contribution in [-0.2, 0) is 14.4 Å². The zero-order valence-electron chi connectivity index (χ0n) is 21.2. The first kappa shape index (κ1) is 26.7. The zero-order valence-corrected chi connectivity index (χ0v) is 22.1. The van der Waals surface area contributed by atoms with Gasteiger partial charge in [0.05, 0.1) is 4.91 Å². The Balaban J connectivity index is 1.30. The van der Waals surface area contributed by atoms with Gasteiger partial charge in [0.1, 0.15) is 12.3 Å². The molecule has 1 aliphatic heterocycles. The average molecular weight is 530 g/mol. The highest BCUT2D eigenvalue weighted by atomic mass is 32.2. The molecule has 2 N–H and O–H groups in total. The molecule has 1 fully saturated rings. The molecule has 1 heterocycles. The predicted molar refractivity (Wildman–Crippen MR) is 149 cm³/mol. The Hall–Kier alpha value is -4.37. The Labute approximate surface area is 225 Å². The molecule has 8 nitrogen and oxygen atoms in total. The maximum absolute atomic E-state index is 12.8. The molecule has 0 bridgehead atoms. The van der Waals surface area contributed by atoms with Crippen molar-refractivity contribution in [3.05, 3.63) is 93.9 Å². The molecule has 4 rings (SSSR count). The number of carbonyl (C=O) groups is 4.